The largest absolute Gasteiger partial charge is 0.493 e. The molecular weight excluding hydrogens is 514 g/mol. The summed E-state index contributed by atoms with van der Waals surface area (Å²) in [5.74, 6) is 1.27. The lowest BCUT2D eigenvalue weighted by atomic mass is 10.1. The Labute approximate surface area is 230 Å². The molecule has 0 radical (unpaired) electrons. The van der Waals surface area contributed by atoms with Crippen LogP contribution in [0, 0.1) is 5.41 Å². The summed E-state index contributed by atoms with van der Waals surface area (Å²) in [6, 6.07) is 16.8. The Morgan fingerprint density at radius 2 is 1.87 bits per heavy atom. The number of amidine groups is 2. The van der Waals surface area contributed by atoms with Crippen LogP contribution in [0.3, 0.4) is 0 Å². The maximum absolute atomic E-state index is 12.8. The van der Waals surface area contributed by atoms with Crippen molar-refractivity contribution in [2.45, 2.75) is 6.42 Å². The van der Waals surface area contributed by atoms with Gasteiger partial charge >= 0.3 is 0 Å². The monoisotopic (exact) mass is 539 g/mol. The minimum Gasteiger partial charge on any atom is -0.493 e. The number of hydrogen-bond donors (Lipinski definition) is 1. The molecule has 1 amide bonds. The average Bonchev–Trinajstić information content (AvgIpc) is 3.39. The zero-order valence-corrected chi connectivity index (χ0v) is 22.0. The number of fused-ring (bicyclic) bond motifs is 1. The van der Waals surface area contributed by atoms with Crippen LogP contribution in [0.25, 0.3) is 6.08 Å². The van der Waals surface area contributed by atoms with Gasteiger partial charge in [-0.25, -0.2) is 0 Å². The summed E-state index contributed by atoms with van der Waals surface area (Å²) in [5, 5.41) is 15.4. The lowest BCUT2D eigenvalue weighted by Gasteiger charge is -2.20. The fourth-order valence-electron chi connectivity index (χ4n) is 3.93. The summed E-state index contributed by atoms with van der Waals surface area (Å²) >= 11 is 1.23. The Morgan fingerprint density at radius 1 is 1.05 bits per heavy atom. The number of ether oxygens (including phenoxy) is 3. The second-order valence-electron chi connectivity index (χ2n) is 8.37. The summed E-state index contributed by atoms with van der Waals surface area (Å²) in [7, 11) is 1.54. The van der Waals surface area contributed by atoms with E-state index in [0.29, 0.717) is 40.5 Å². The zero-order valence-electron chi connectivity index (χ0n) is 21.2. The predicted octanol–water partition coefficient (Wildman–Crippen LogP) is 4.94. The number of carbonyl (C=O) groups excluding carboxylic acids is 1. The first-order chi connectivity index (χ1) is 19.1. The highest BCUT2D eigenvalue weighted by Crippen LogP contribution is 2.32. The highest BCUT2D eigenvalue weighted by molar-refractivity contribution is 8.27. The molecule has 0 fully saturated rings. The molecule has 1 aromatic heterocycles. The molecule has 3 heterocycles. The summed E-state index contributed by atoms with van der Waals surface area (Å²) in [5.41, 5.74) is 2.63. The number of thioether (sulfide) groups is 1. The molecule has 0 unspecified atom stereocenters. The molecule has 0 bridgehead atoms. The number of hydrazone groups is 1. The Balaban J connectivity index is 1.27. The number of amides is 1. The Kier molecular flexibility index (Phi) is 7.83. The minimum atomic E-state index is -0.505. The van der Waals surface area contributed by atoms with E-state index in [0.717, 1.165) is 23.3 Å². The molecule has 3 aromatic rings. The van der Waals surface area contributed by atoms with E-state index >= 15 is 0 Å². The van der Waals surface area contributed by atoms with E-state index in [4.69, 9.17) is 19.6 Å². The lowest BCUT2D eigenvalue weighted by Crippen LogP contribution is -2.35. The van der Waals surface area contributed by atoms with Crippen LogP contribution in [0.2, 0.25) is 0 Å². The van der Waals surface area contributed by atoms with Crippen LogP contribution in [0.5, 0.6) is 17.2 Å². The Bertz CT molecular complexity index is 1520. The molecule has 0 saturated heterocycles. The first-order valence-electron chi connectivity index (χ1n) is 12.1. The van der Waals surface area contributed by atoms with E-state index < -0.39 is 5.91 Å². The van der Waals surface area contributed by atoms with Crippen LogP contribution >= 0.6 is 11.8 Å². The van der Waals surface area contributed by atoms with Gasteiger partial charge in [-0.1, -0.05) is 30.3 Å². The minimum absolute atomic E-state index is 0.0513. The number of aromatic nitrogens is 1. The molecule has 5 rings (SSSR count). The topological polar surface area (TPSA) is 109 Å². The van der Waals surface area contributed by atoms with Crippen LogP contribution in [0.4, 0.5) is 0 Å². The zero-order chi connectivity index (χ0) is 27.2. The molecule has 0 atom stereocenters. The van der Waals surface area contributed by atoms with Gasteiger partial charge in [0.2, 0.25) is 5.17 Å². The van der Waals surface area contributed by atoms with Gasteiger partial charge in [0.25, 0.3) is 5.91 Å². The molecular formula is C29H25N5O4S. The van der Waals surface area contributed by atoms with Gasteiger partial charge in [-0.3, -0.25) is 15.2 Å². The summed E-state index contributed by atoms with van der Waals surface area (Å²) in [6.07, 6.45) is 7.51. The summed E-state index contributed by atoms with van der Waals surface area (Å²) in [4.78, 5) is 21.1. The van der Waals surface area contributed by atoms with Gasteiger partial charge in [0.1, 0.15) is 24.0 Å². The Morgan fingerprint density at radius 3 is 2.64 bits per heavy atom. The normalized spacial score (nSPS) is 15.5. The van der Waals surface area contributed by atoms with E-state index in [1.807, 2.05) is 36.4 Å². The number of methoxy groups -OCH3 is 1. The summed E-state index contributed by atoms with van der Waals surface area (Å²) < 4.78 is 17.3. The van der Waals surface area contributed by atoms with Crippen LogP contribution in [-0.4, -0.2) is 52.3 Å². The molecule has 1 N–H and O–H groups in total. The van der Waals surface area contributed by atoms with Gasteiger partial charge in [0, 0.05) is 18.0 Å². The second kappa shape index (κ2) is 11.8. The average molecular weight is 540 g/mol. The van der Waals surface area contributed by atoms with Crippen LogP contribution < -0.4 is 14.2 Å². The number of hydrogen-bond acceptors (Lipinski definition) is 8. The molecule has 196 valence electrons. The number of para-hydroxylation sites is 1. The van der Waals surface area contributed by atoms with Crippen molar-refractivity contribution in [3.63, 3.8) is 0 Å². The number of rotatable bonds is 10. The highest BCUT2D eigenvalue weighted by atomic mass is 32.2. The fourth-order valence-corrected chi connectivity index (χ4v) is 4.81. The first-order valence-corrected chi connectivity index (χ1v) is 12.9. The van der Waals surface area contributed by atoms with Crippen molar-refractivity contribution >= 4 is 39.8 Å². The molecule has 0 aliphatic carbocycles. The number of nitrogens with zero attached hydrogens (tertiary/aromatic N) is 4. The van der Waals surface area contributed by atoms with Gasteiger partial charge in [0.15, 0.2) is 17.3 Å². The molecule has 39 heavy (non-hydrogen) atoms. The number of carbonyl (C=O) groups is 1. The highest BCUT2D eigenvalue weighted by Gasteiger charge is 2.36. The van der Waals surface area contributed by atoms with E-state index in [-0.39, 0.29) is 11.4 Å². The van der Waals surface area contributed by atoms with Crippen molar-refractivity contribution in [2.75, 3.05) is 20.3 Å². The molecule has 2 aliphatic rings. The maximum Gasteiger partial charge on any atom is 0.283 e. The number of pyridine rings is 1. The van der Waals surface area contributed by atoms with Crippen molar-refractivity contribution in [3.05, 3.63) is 102 Å². The standard InChI is InChI=1S/C29H25N5O4S/c1-3-7-20-8-4-5-10-23(20)37-14-15-38-24-12-11-19(17-25(24)36-2)16-22-26(30)34-29(32-27(22)35)39-28(33-34)21-9-6-13-31-18-21/h3-6,8-13,16-18,30H,1,7,14-15H2,2H3/b22-16+,30-26?. The molecule has 2 aromatic carbocycles. The lowest BCUT2D eigenvalue weighted by molar-refractivity contribution is -0.114. The fraction of sp³-hybridized carbons (Fsp3) is 0.138. The van der Waals surface area contributed by atoms with E-state index in [9.17, 15) is 4.79 Å². The van der Waals surface area contributed by atoms with Gasteiger partial charge in [-0.15, -0.1) is 6.58 Å². The SMILES string of the molecule is C=CCc1ccccc1OCCOc1ccc(/C=C2\C(=N)N3N=C(c4cccnc4)SC3=NC2=O)cc1OC. The smallest absolute Gasteiger partial charge is 0.283 e. The maximum atomic E-state index is 12.8. The van der Waals surface area contributed by atoms with Crippen molar-refractivity contribution in [2.24, 2.45) is 10.1 Å². The van der Waals surface area contributed by atoms with E-state index in [2.05, 4.69) is 21.7 Å². The molecule has 10 heteroatoms. The van der Waals surface area contributed by atoms with E-state index in [1.165, 1.54) is 16.8 Å². The first kappa shape index (κ1) is 25.9. The second-order valence-corrected chi connectivity index (χ2v) is 9.33. The molecule has 0 saturated carbocycles. The summed E-state index contributed by atoms with van der Waals surface area (Å²) in [6.45, 7) is 4.45. The van der Waals surface area contributed by atoms with Gasteiger partial charge in [-0.2, -0.15) is 15.1 Å². The number of nitrogens with one attached hydrogen (secondary N) is 1. The quantitative estimate of drug-likeness (QED) is 0.221. The Hall–Kier alpha value is -4.70. The predicted molar refractivity (Wildman–Crippen MR) is 153 cm³/mol. The third kappa shape index (κ3) is 5.75. The van der Waals surface area contributed by atoms with Crippen molar-refractivity contribution in [1.82, 2.24) is 9.99 Å². The van der Waals surface area contributed by atoms with Crippen LogP contribution in [0.1, 0.15) is 16.7 Å². The number of benzene rings is 2. The van der Waals surface area contributed by atoms with Gasteiger partial charge in [-0.05, 0) is 65.7 Å². The number of allylic oxidation sites excluding steroid dienone is 1. The third-order valence-electron chi connectivity index (χ3n) is 5.80. The molecule has 2 aliphatic heterocycles. The van der Waals surface area contributed by atoms with Crippen molar-refractivity contribution < 1.29 is 19.0 Å². The van der Waals surface area contributed by atoms with Crippen LogP contribution in [-0.2, 0) is 11.2 Å². The molecule has 9 nitrogen and oxygen atoms in total. The van der Waals surface area contributed by atoms with Crippen molar-refractivity contribution in [1.29, 1.82) is 5.41 Å². The third-order valence-corrected chi connectivity index (χ3v) is 6.75. The van der Waals surface area contributed by atoms with E-state index in [1.54, 1.807) is 49.8 Å². The number of aliphatic imine (C=N–C) groups is 1. The van der Waals surface area contributed by atoms with Gasteiger partial charge < -0.3 is 14.2 Å². The molecule has 0 spiro atoms. The van der Waals surface area contributed by atoms with Crippen molar-refractivity contribution in [3.8, 4) is 17.2 Å². The van der Waals surface area contributed by atoms with Crippen LogP contribution in [0.15, 0.2) is 95.3 Å². The van der Waals surface area contributed by atoms with Gasteiger partial charge in [0.05, 0.1) is 12.7 Å².